The molecule has 4 heteroatoms. The van der Waals surface area contributed by atoms with Crippen molar-refractivity contribution in [3.8, 4) is 0 Å². The molecule has 0 aliphatic carbocycles. The van der Waals surface area contributed by atoms with Gasteiger partial charge in [0.25, 0.3) is 0 Å². The molecule has 132 valence electrons. The van der Waals surface area contributed by atoms with Crippen LogP contribution in [0.15, 0.2) is 0 Å². The van der Waals surface area contributed by atoms with E-state index in [1.54, 1.807) is 0 Å². The molecule has 0 atom stereocenters. The van der Waals surface area contributed by atoms with Crippen molar-refractivity contribution in [2.45, 2.75) is 91.3 Å². The number of ether oxygens (including phenoxy) is 2. The van der Waals surface area contributed by atoms with E-state index in [9.17, 15) is 9.90 Å². The first-order valence-electron chi connectivity index (χ1n) is 8.52. The maximum absolute atomic E-state index is 11.3. The quantitative estimate of drug-likeness (QED) is 0.563. The van der Waals surface area contributed by atoms with Crippen molar-refractivity contribution in [3.05, 3.63) is 0 Å². The molecular weight excluding hydrogens is 280 g/mol. The lowest BCUT2D eigenvalue weighted by molar-refractivity contribution is -0.142. The largest absolute Gasteiger partial charge is 0.481 e. The van der Waals surface area contributed by atoms with Gasteiger partial charge in [0.05, 0.1) is 17.1 Å². The second-order valence-electron chi connectivity index (χ2n) is 7.95. The highest BCUT2D eigenvalue weighted by molar-refractivity contribution is 5.69. The van der Waals surface area contributed by atoms with Crippen molar-refractivity contribution in [1.82, 2.24) is 0 Å². The molecule has 0 amide bonds. The lowest BCUT2D eigenvalue weighted by Crippen LogP contribution is -2.20. The van der Waals surface area contributed by atoms with Gasteiger partial charge >= 0.3 is 5.97 Å². The summed E-state index contributed by atoms with van der Waals surface area (Å²) in [7, 11) is 0. The summed E-state index contributed by atoms with van der Waals surface area (Å²) in [5.41, 5.74) is -0.224. The van der Waals surface area contributed by atoms with Crippen molar-refractivity contribution in [1.29, 1.82) is 0 Å². The van der Waals surface area contributed by atoms with E-state index >= 15 is 0 Å². The fourth-order valence-corrected chi connectivity index (χ4v) is 2.13. The molecule has 0 aromatic carbocycles. The van der Waals surface area contributed by atoms with Gasteiger partial charge in [0.15, 0.2) is 0 Å². The summed E-state index contributed by atoms with van der Waals surface area (Å²) in [6.07, 6.45) is 5.14. The van der Waals surface area contributed by atoms with Crippen molar-refractivity contribution in [3.63, 3.8) is 0 Å². The number of carboxylic acid groups (broad SMARTS) is 1. The van der Waals surface area contributed by atoms with Crippen LogP contribution in [-0.4, -0.2) is 35.5 Å². The molecule has 0 spiro atoms. The van der Waals surface area contributed by atoms with E-state index in [4.69, 9.17) is 9.47 Å². The molecule has 0 saturated carbocycles. The average molecular weight is 316 g/mol. The summed E-state index contributed by atoms with van der Waals surface area (Å²) in [4.78, 5) is 11.3. The van der Waals surface area contributed by atoms with Crippen LogP contribution < -0.4 is 0 Å². The number of unbranched alkanes of at least 4 members (excludes halogenated alkanes) is 2. The van der Waals surface area contributed by atoms with Gasteiger partial charge in [-0.05, 0) is 67.2 Å². The first-order chi connectivity index (χ1) is 10.0. The predicted molar refractivity (Wildman–Crippen MR) is 90.2 cm³/mol. The van der Waals surface area contributed by atoms with Crippen molar-refractivity contribution < 1.29 is 19.4 Å². The molecule has 0 saturated heterocycles. The molecule has 0 aromatic heterocycles. The number of hydrogen-bond donors (Lipinski definition) is 1. The minimum absolute atomic E-state index is 0.112. The Hall–Kier alpha value is -0.610. The van der Waals surface area contributed by atoms with Gasteiger partial charge in [-0.25, -0.2) is 0 Å². The zero-order chi connectivity index (χ0) is 17.2. The molecular formula is C18H36O4. The topological polar surface area (TPSA) is 55.8 Å². The molecule has 22 heavy (non-hydrogen) atoms. The molecule has 0 heterocycles. The fourth-order valence-electron chi connectivity index (χ4n) is 2.13. The van der Waals surface area contributed by atoms with Gasteiger partial charge in [0.1, 0.15) is 0 Å². The van der Waals surface area contributed by atoms with Gasteiger partial charge in [0, 0.05) is 13.2 Å². The zero-order valence-corrected chi connectivity index (χ0v) is 15.4. The summed E-state index contributed by atoms with van der Waals surface area (Å²) in [5, 5.41) is 9.28. The Kier molecular flexibility index (Phi) is 9.94. The van der Waals surface area contributed by atoms with Crippen LogP contribution in [0.3, 0.4) is 0 Å². The molecule has 0 aliphatic heterocycles. The number of rotatable bonds is 11. The highest BCUT2D eigenvalue weighted by Crippen LogP contribution is 2.18. The summed E-state index contributed by atoms with van der Waals surface area (Å²) in [6, 6.07) is 0. The van der Waals surface area contributed by atoms with Gasteiger partial charge in [-0.15, -0.1) is 0 Å². The van der Waals surface area contributed by atoms with Gasteiger partial charge in [-0.1, -0.05) is 12.8 Å². The third-order valence-corrected chi connectivity index (χ3v) is 3.31. The molecule has 0 unspecified atom stereocenters. The van der Waals surface area contributed by atoms with Crippen LogP contribution in [0.5, 0.6) is 0 Å². The van der Waals surface area contributed by atoms with E-state index in [2.05, 4.69) is 0 Å². The maximum Gasteiger partial charge on any atom is 0.306 e. The Morgan fingerprint density at radius 1 is 0.818 bits per heavy atom. The number of carbonyl (C=O) groups is 1. The Morgan fingerprint density at radius 3 is 1.45 bits per heavy atom. The Morgan fingerprint density at radius 2 is 1.18 bits per heavy atom. The average Bonchev–Trinajstić information content (AvgIpc) is 2.32. The minimum atomic E-state index is -0.673. The Bertz CT molecular complexity index is 275. The summed E-state index contributed by atoms with van der Waals surface area (Å²) < 4.78 is 11.3. The molecule has 0 aromatic rings. The monoisotopic (exact) mass is 316 g/mol. The van der Waals surface area contributed by atoms with E-state index in [-0.39, 0.29) is 17.1 Å². The molecule has 0 aliphatic rings. The van der Waals surface area contributed by atoms with E-state index in [1.165, 1.54) is 0 Å². The van der Waals surface area contributed by atoms with Gasteiger partial charge in [0.2, 0.25) is 0 Å². The van der Waals surface area contributed by atoms with Crippen LogP contribution in [0, 0.1) is 5.92 Å². The highest BCUT2D eigenvalue weighted by atomic mass is 16.5. The molecule has 0 rings (SSSR count). The fraction of sp³-hybridized carbons (Fsp3) is 0.944. The smallest absolute Gasteiger partial charge is 0.306 e. The first kappa shape index (κ1) is 21.4. The van der Waals surface area contributed by atoms with Crippen LogP contribution >= 0.6 is 0 Å². The normalized spacial score (nSPS) is 12.9. The molecule has 1 N–H and O–H groups in total. The number of aliphatic carboxylic acids is 1. The lowest BCUT2D eigenvalue weighted by Gasteiger charge is -2.20. The van der Waals surface area contributed by atoms with Crippen LogP contribution in [-0.2, 0) is 14.3 Å². The second-order valence-corrected chi connectivity index (χ2v) is 7.95. The zero-order valence-electron chi connectivity index (χ0n) is 15.4. The maximum atomic E-state index is 11.3. The van der Waals surface area contributed by atoms with Gasteiger partial charge in [-0.3, -0.25) is 4.79 Å². The predicted octanol–water partition coefficient (Wildman–Crippen LogP) is 4.66. The summed E-state index contributed by atoms with van der Waals surface area (Å²) in [5.74, 6) is -0.905. The summed E-state index contributed by atoms with van der Waals surface area (Å²) >= 11 is 0. The number of carboxylic acids is 1. The van der Waals surface area contributed by atoms with Crippen LogP contribution in [0.1, 0.15) is 80.1 Å². The standard InChI is InChI=1S/C18H36O4/c1-17(2,3)21-13-9-7-11-15(16(19)20)12-8-10-14-22-18(4,5)6/h15H,7-14H2,1-6H3,(H,19,20). The minimum Gasteiger partial charge on any atom is -0.481 e. The number of hydrogen-bond acceptors (Lipinski definition) is 3. The summed E-state index contributed by atoms with van der Waals surface area (Å²) in [6.45, 7) is 13.6. The molecule has 0 fully saturated rings. The first-order valence-corrected chi connectivity index (χ1v) is 8.52. The molecule has 4 nitrogen and oxygen atoms in total. The van der Waals surface area contributed by atoms with Crippen molar-refractivity contribution in [2.75, 3.05) is 13.2 Å². The van der Waals surface area contributed by atoms with Crippen LogP contribution in [0.2, 0.25) is 0 Å². The van der Waals surface area contributed by atoms with Crippen molar-refractivity contribution >= 4 is 5.97 Å². The van der Waals surface area contributed by atoms with Crippen molar-refractivity contribution in [2.24, 2.45) is 5.92 Å². The Labute approximate surface area is 136 Å². The van der Waals surface area contributed by atoms with Crippen LogP contribution in [0.25, 0.3) is 0 Å². The van der Waals surface area contributed by atoms with E-state index in [0.29, 0.717) is 13.2 Å². The van der Waals surface area contributed by atoms with Gasteiger partial charge < -0.3 is 14.6 Å². The van der Waals surface area contributed by atoms with E-state index < -0.39 is 5.97 Å². The van der Waals surface area contributed by atoms with Gasteiger partial charge in [-0.2, -0.15) is 0 Å². The Balaban J connectivity index is 3.77. The lowest BCUT2D eigenvalue weighted by atomic mass is 9.96. The third kappa shape index (κ3) is 14.3. The second kappa shape index (κ2) is 10.2. The SMILES string of the molecule is CC(C)(C)OCCCCC(CCCCOC(C)(C)C)C(=O)O. The molecule has 0 bridgehead atoms. The highest BCUT2D eigenvalue weighted by Gasteiger charge is 2.17. The molecule has 0 radical (unpaired) electrons. The van der Waals surface area contributed by atoms with E-state index in [0.717, 1.165) is 38.5 Å². The van der Waals surface area contributed by atoms with Crippen LogP contribution in [0.4, 0.5) is 0 Å². The van der Waals surface area contributed by atoms with E-state index in [1.807, 2.05) is 41.5 Å². The third-order valence-electron chi connectivity index (χ3n) is 3.31.